The Morgan fingerprint density at radius 1 is 1.21 bits per heavy atom. The van der Waals surface area contributed by atoms with Gasteiger partial charge in [0.05, 0.1) is 6.04 Å². The van der Waals surface area contributed by atoms with Gasteiger partial charge < -0.3 is 10.6 Å². The lowest BCUT2D eigenvalue weighted by molar-refractivity contribution is -0.124. The lowest BCUT2D eigenvalue weighted by Crippen LogP contribution is -2.48. The number of nitrogens with one attached hydrogen (secondary N) is 2. The zero-order chi connectivity index (χ0) is 13.2. The molecule has 1 aliphatic heterocycles. The highest BCUT2D eigenvalue weighted by Gasteiger charge is 2.42. The molecule has 5 atom stereocenters. The van der Waals surface area contributed by atoms with E-state index in [1.807, 2.05) is 0 Å². The Bertz CT molecular complexity index is 331. The van der Waals surface area contributed by atoms with Crippen LogP contribution in [0.3, 0.4) is 0 Å². The Morgan fingerprint density at radius 3 is 2.89 bits per heavy atom. The third-order valence-electron chi connectivity index (χ3n) is 5.73. The molecule has 3 rings (SSSR count). The summed E-state index contributed by atoms with van der Waals surface area (Å²) in [5.41, 5.74) is 0. The number of amides is 1. The molecule has 0 spiro atoms. The van der Waals surface area contributed by atoms with Crippen LogP contribution in [0.4, 0.5) is 0 Å². The maximum absolute atomic E-state index is 12.5. The van der Waals surface area contributed by atoms with Gasteiger partial charge in [-0.05, 0) is 50.0 Å². The van der Waals surface area contributed by atoms with Gasteiger partial charge >= 0.3 is 0 Å². The molecular formula is C16H28N2O. The zero-order valence-electron chi connectivity index (χ0n) is 12.2. The van der Waals surface area contributed by atoms with Crippen molar-refractivity contribution in [2.75, 3.05) is 6.54 Å². The van der Waals surface area contributed by atoms with Crippen LogP contribution < -0.4 is 10.6 Å². The Labute approximate surface area is 116 Å². The van der Waals surface area contributed by atoms with E-state index in [0.717, 1.165) is 18.4 Å². The van der Waals surface area contributed by atoms with Gasteiger partial charge in [0.15, 0.2) is 0 Å². The molecule has 3 aliphatic rings. The van der Waals surface area contributed by atoms with E-state index in [4.69, 9.17) is 0 Å². The second-order valence-corrected chi connectivity index (χ2v) is 6.89. The van der Waals surface area contributed by atoms with Gasteiger partial charge in [0.25, 0.3) is 0 Å². The first-order valence-corrected chi connectivity index (χ1v) is 8.31. The van der Waals surface area contributed by atoms with Crippen molar-refractivity contribution in [1.29, 1.82) is 0 Å². The van der Waals surface area contributed by atoms with E-state index in [2.05, 4.69) is 17.6 Å². The van der Waals surface area contributed by atoms with Crippen molar-refractivity contribution in [1.82, 2.24) is 10.6 Å². The highest BCUT2D eigenvalue weighted by molar-refractivity contribution is 5.82. The molecule has 2 saturated carbocycles. The third kappa shape index (κ3) is 2.81. The summed E-state index contributed by atoms with van der Waals surface area (Å²) < 4.78 is 0. The monoisotopic (exact) mass is 264 g/mol. The highest BCUT2D eigenvalue weighted by atomic mass is 16.2. The number of carbonyl (C=O) groups excluding carboxylic acids is 1. The predicted octanol–water partition coefficient (Wildman–Crippen LogP) is 2.46. The SMILES string of the molecule is CCC1CCCC(NC(=O)C2NCC3CCCC32)C1. The number of fused-ring (bicyclic) bond motifs is 1. The molecule has 0 radical (unpaired) electrons. The van der Waals surface area contributed by atoms with Crippen molar-refractivity contribution in [2.45, 2.75) is 70.4 Å². The number of hydrogen-bond acceptors (Lipinski definition) is 2. The summed E-state index contributed by atoms with van der Waals surface area (Å²) in [4.78, 5) is 12.5. The molecule has 1 amide bonds. The average Bonchev–Trinajstić information content (AvgIpc) is 3.01. The van der Waals surface area contributed by atoms with E-state index in [1.165, 1.54) is 51.4 Å². The second-order valence-electron chi connectivity index (χ2n) is 6.89. The minimum absolute atomic E-state index is 0.106. The molecule has 5 unspecified atom stereocenters. The van der Waals surface area contributed by atoms with E-state index in [-0.39, 0.29) is 11.9 Å². The minimum Gasteiger partial charge on any atom is -0.352 e. The molecule has 2 N–H and O–H groups in total. The molecule has 0 aromatic rings. The first-order valence-electron chi connectivity index (χ1n) is 8.31. The van der Waals surface area contributed by atoms with Crippen molar-refractivity contribution >= 4 is 5.91 Å². The standard InChI is InChI=1S/C16H28N2O/c1-2-11-5-3-7-13(9-11)18-16(19)15-14-8-4-6-12(14)10-17-15/h11-15,17H,2-10H2,1H3,(H,18,19). The van der Waals surface area contributed by atoms with Crippen molar-refractivity contribution in [3.63, 3.8) is 0 Å². The van der Waals surface area contributed by atoms with Crippen molar-refractivity contribution in [2.24, 2.45) is 17.8 Å². The zero-order valence-corrected chi connectivity index (χ0v) is 12.2. The Balaban J connectivity index is 1.53. The fourth-order valence-electron chi connectivity index (χ4n) is 4.56. The maximum Gasteiger partial charge on any atom is 0.237 e. The van der Waals surface area contributed by atoms with Gasteiger partial charge in [-0.3, -0.25) is 4.79 Å². The van der Waals surface area contributed by atoms with E-state index in [0.29, 0.717) is 12.0 Å². The molecule has 3 nitrogen and oxygen atoms in total. The Morgan fingerprint density at radius 2 is 2.05 bits per heavy atom. The molecule has 0 aromatic carbocycles. The smallest absolute Gasteiger partial charge is 0.237 e. The molecule has 3 fully saturated rings. The maximum atomic E-state index is 12.5. The van der Waals surface area contributed by atoms with Crippen LogP contribution >= 0.6 is 0 Å². The average molecular weight is 264 g/mol. The molecule has 1 heterocycles. The van der Waals surface area contributed by atoms with Crippen molar-refractivity contribution in [3.8, 4) is 0 Å². The topological polar surface area (TPSA) is 41.1 Å². The van der Waals surface area contributed by atoms with Gasteiger partial charge in [0.1, 0.15) is 0 Å². The largest absolute Gasteiger partial charge is 0.352 e. The van der Waals surface area contributed by atoms with Gasteiger partial charge in [0.2, 0.25) is 5.91 Å². The van der Waals surface area contributed by atoms with E-state index in [9.17, 15) is 4.79 Å². The van der Waals surface area contributed by atoms with Crippen LogP contribution in [0.2, 0.25) is 0 Å². The lowest BCUT2D eigenvalue weighted by Gasteiger charge is -2.30. The quantitative estimate of drug-likeness (QED) is 0.822. The van der Waals surface area contributed by atoms with Gasteiger partial charge in [-0.2, -0.15) is 0 Å². The van der Waals surface area contributed by atoms with Gasteiger partial charge in [-0.1, -0.05) is 32.6 Å². The van der Waals surface area contributed by atoms with Gasteiger partial charge in [-0.25, -0.2) is 0 Å². The van der Waals surface area contributed by atoms with Crippen LogP contribution in [0.25, 0.3) is 0 Å². The molecule has 0 aromatic heterocycles. The highest BCUT2D eigenvalue weighted by Crippen LogP contribution is 2.38. The molecule has 3 heteroatoms. The van der Waals surface area contributed by atoms with Gasteiger partial charge in [0, 0.05) is 6.04 Å². The summed E-state index contributed by atoms with van der Waals surface area (Å²) >= 11 is 0. The number of rotatable bonds is 3. The van der Waals surface area contributed by atoms with Crippen LogP contribution in [0.15, 0.2) is 0 Å². The summed E-state index contributed by atoms with van der Waals surface area (Å²) in [5, 5.41) is 6.80. The summed E-state index contributed by atoms with van der Waals surface area (Å²) in [6.07, 6.45) is 10.2. The van der Waals surface area contributed by atoms with Crippen molar-refractivity contribution < 1.29 is 4.79 Å². The van der Waals surface area contributed by atoms with E-state index >= 15 is 0 Å². The fourth-order valence-corrected chi connectivity index (χ4v) is 4.56. The fraction of sp³-hybridized carbons (Fsp3) is 0.938. The number of hydrogen-bond donors (Lipinski definition) is 2. The molecular weight excluding hydrogens is 236 g/mol. The van der Waals surface area contributed by atoms with Crippen LogP contribution in [0, 0.1) is 17.8 Å². The van der Waals surface area contributed by atoms with E-state index < -0.39 is 0 Å². The Hall–Kier alpha value is -0.570. The summed E-state index contributed by atoms with van der Waals surface area (Å²) in [6, 6.07) is 0.544. The lowest BCUT2D eigenvalue weighted by atomic mass is 9.84. The summed E-state index contributed by atoms with van der Waals surface area (Å²) in [6.45, 7) is 3.33. The summed E-state index contributed by atoms with van der Waals surface area (Å²) in [5.74, 6) is 2.50. The predicted molar refractivity (Wildman–Crippen MR) is 76.8 cm³/mol. The Kier molecular flexibility index (Phi) is 4.11. The molecule has 0 bridgehead atoms. The normalized spacial score (nSPS) is 42.1. The van der Waals surface area contributed by atoms with E-state index in [1.54, 1.807) is 0 Å². The first-order chi connectivity index (χ1) is 9.28. The summed E-state index contributed by atoms with van der Waals surface area (Å²) in [7, 11) is 0. The van der Waals surface area contributed by atoms with Crippen LogP contribution in [-0.4, -0.2) is 24.5 Å². The third-order valence-corrected chi connectivity index (χ3v) is 5.73. The molecule has 2 aliphatic carbocycles. The molecule has 1 saturated heterocycles. The minimum atomic E-state index is 0.106. The van der Waals surface area contributed by atoms with Crippen molar-refractivity contribution in [3.05, 3.63) is 0 Å². The van der Waals surface area contributed by atoms with Crippen LogP contribution in [0.5, 0.6) is 0 Å². The molecule has 108 valence electrons. The molecule has 19 heavy (non-hydrogen) atoms. The second kappa shape index (κ2) is 5.82. The number of carbonyl (C=O) groups is 1. The van der Waals surface area contributed by atoms with Crippen LogP contribution in [0.1, 0.15) is 58.3 Å². The first kappa shape index (κ1) is 13.4. The van der Waals surface area contributed by atoms with Crippen LogP contribution in [-0.2, 0) is 4.79 Å². The van der Waals surface area contributed by atoms with Gasteiger partial charge in [-0.15, -0.1) is 0 Å².